The standard InChI is InChI=1S/C25H29N3O5/c1-3-16(2)22(28-25(32)33-15-17-9-5-4-6-10-17)23(29)27-21(24(30)31)13-18-14-26-20-12-8-7-11-19(18)20/h4-12,14,16,21-22,26H,3,13,15H2,1-2H3,(H,27,29)(H,28,32)(H,30,31)/t16-,21-,22-/m0/s1. The number of alkyl carbamates (subject to hydrolysis) is 1. The van der Waals surface area contributed by atoms with E-state index >= 15 is 0 Å². The van der Waals surface area contributed by atoms with Gasteiger partial charge in [-0.25, -0.2) is 9.59 Å². The van der Waals surface area contributed by atoms with E-state index in [0.29, 0.717) is 6.42 Å². The minimum Gasteiger partial charge on any atom is -0.480 e. The molecule has 0 fully saturated rings. The van der Waals surface area contributed by atoms with E-state index in [1.807, 2.05) is 68.4 Å². The van der Waals surface area contributed by atoms with Crippen molar-refractivity contribution >= 4 is 28.9 Å². The third kappa shape index (κ3) is 6.35. The third-order valence-corrected chi connectivity index (χ3v) is 5.70. The Bertz CT molecular complexity index is 1100. The summed E-state index contributed by atoms with van der Waals surface area (Å²) in [4.78, 5) is 40.4. The Balaban J connectivity index is 1.66. The number of nitrogens with one attached hydrogen (secondary N) is 3. The Kier molecular flexibility index (Phi) is 8.07. The molecule has 33 heavy (non-hydrogen) atoms. The molecule has 0 spiro atoms. The number of fused-ring (bicyclic) bond motifs is 1. The largest absolute Gasteiger partial charge is 0.480 e. The number of aromatic amines is 1. The molecule has 8 nitrogen and oxygen atoms in total. The predicted molar refractivity (Wildman–Crippen MR) is 125 cm³/mol. The smallest absolute Gasteiger partial charge is 0.408 e. The summed E-state index contributed by atoms with van der Waals surface area (Å²) >= 11 is 0. The van der Waals surface area contributed by atoms with E-state index in [-0.39, 0.29) is 18.9 Å². The summed E-state index contributed by atoms with van der Waals surface area (Å²) in [5.74, 6) is -1.94. The van der Waals surface area contributed by atoms with Crippen molar-refractivity contribution in [2.24, 2.45) is 5.92 Å². The van der Waals surface area contributed by atoms with Crippen LogP contribution in [0, 0.1) is 5.92 Å². The molecule has 0 aliphatic rings. The zero-order valence-electron chi connectivity index (χ0n) is 18.7. The number of hydrogen-bond donors (Lipinski definition) is 4. The molecule has 2 aromatic carbocycles. The van der Waals surface area contributed by atoms with E-state index in [2.05, 4.69) is 15.6 Å². The van der Waals surface area contributed by atoms with Gasteiger partial charge in [0.05, 0.1) is 0 Å². The van der Waals surface area contributed by atoms with Crippen molar-refractivity contribution in [2.75, 3.05) is 0 Å². The van der Waals surface area contributed by atoms with Crippen LogP contribution in [0.25, 0.3) is 10.9 Å². The maximum absolute atomic E-state index is 13.0. The van der Waals surface area contributed by atoms with Crippen LogP contribution in [0.3, 0.4) is 0 Å². The van der Waals surface area contributed by atoms with E-state index in [1.54, 1.807) is 6.20 Å². The van der Waals surface area contributed by atoms with Gasteiger partial charge in [0.1, 0.15) is 18.7 Å². The highest BCUT2D eigenvalue weighted by Gasteiger charge is 2.30. The molecule has 0 bridgehead atoms. The first-order valence-corrected chi connectivity index (χ1v) is 10.9. The van der Waals surface area contributed by atoms with Crippen molar-refractivity contribution < 1.29 is 24.2 Å². The monoisotopic (exact) mass is 451 g/mol. The van der Waals surface area contributed by atoms with Gasteiger partial charge in [0.2, 0.25) is 5.91 Å². The molecule has 1 heterocycles. The summed E-state index contributed by atoms with van der Waals surface area (Å²) < 4.78 is 5.24. The second-order valence-corrected chi connectivity index (χ2v) is 8.03. The van der Waals surface area contributed by atoms with Crippen molar-refractivity contribution in [3.05, 3.63) is 71.9 Å². The molecule has 3 aromatic rings. The number of aromatic nitrogens is 1. The lowest BCUT2D eigenvalue weighted by atomic mass is 9.97. The van der Waals surface area contributed by atoms with Gasteiger partial charge in [0, 0.05) is 23.5 Å². The maximum Gasteiger partial charge on any atom is 0.408 e. The van der Waals surface area contributed by atoms with E-state index in [9.17, 15) is 19.5 Å². The van der Waals surface area contributed by atoms with Crippen LogP contribution in [0.2, 0.25) is 0 Å². The van der Waals surface area contributed by atoms with Crippen LogP contribution < -0.4 is 10.6 Å². The SMILES string of the molecule is CC[C@H](C)[C@H](NC(=O)OCc1ccccc1)C(=O)N[C@@H](Cc1c[nH]c2ccccc12)C(=O)O. The number of amides is 2. The summed E-state index contributed by atoms with van der Waals surface area (Å²) in [6, 6.07) is 14.7. The van der Waals surface area contributed by atoms with Crippen molar-refractivity contribution in [1.82, 2.24) is 15.6 Å². The van der Waals surface area contributed by atoms with Gasteiger partial charge in [-0.1, -0.05) is 68.8 Å². The lowest BCUT2D eigenvalue weighted by Crippen LogP contribution is -2.54. The van der Waals surface area contributed by atoms with Gasteiger partial charge in [-0.3, -0.25) is 4.79 Å². The van der Waals surface area contributed by atoms with Crippen LogP contribution in [-0.4, -0.2) is 40.1 Å². The maximum atomic E-state index is 13.0. The molecule has 174 valence electrons. The van der Waals surface area contributed by atoms with Crippen molar-refractivity contribution in [2.45, 2.75) is 45.4 Å². The van der Waals surface area contributed by atoms with E-state index in [0.717, 1.165) is 22.0 Å². The fourth-order valence-electron chi connectivity index (χ4n) is 3.58. The van der Waals surface area contributed by atoms with Crippen LogP contribution in [-0.2, 0) is 27.4 Å². The van der Waals surface area contributed by atoms with E-state index in [4.69, 9.17) is 4.74 Å². The topological polar surface area (TPSA) is 121 Å². The Morgan fingerprint density at radius 3 is 2.42 bits per heavy atom. The first-order chi connectivity index (χ1) is 15.9. The third-order valence-electron chi connectivity index (χ3n) is 5.70. The van der Waals surface area contributed by atoms with E-state index in [1.165, 1.54) is 0 Å². The molecule has 3 rings (SSSR count). The number of carboxylic acid groups (broad SMARTS) is 1. The molecule has 0 saturated heterocycles. The minimum atomic E-state index is -1.15. The van der Waals surface area contributed by atoms with Gasteiger partial charge < -0.3 is 25.5 Å². The number of rotatable bonds is 10. The van der Waals surface area contributed by atoms with Gasteiger partial charge in [0.25, 0.3) is 0 Å². The molecule has 0 radical (unpaired) electrons. The molecule has 0 saturated carbocycles. The molecule has 2 amide bonds. The Morgan fingerprint density at radius 2 is 1.73 bits per heavy atom. The Morgan fingerprint density at radius 1 is 1.03 bits per heavy atom. The highest BCUT2D eigenvalue weighted by atomic mass is 16.5. The molecule has 0 aliphatic carbocycles. The number of carbonyl (C=O) groups is 3. The number of ether oxygens (including phenoxy) is 1. The lowest BCUT2D eigenvalue weighted by Gasteiger charge is -2.25. The number of benzene rings is 2. The highest BCUT2D eigenvalue weighted by Crippen LogP contribution is 2.19. The fourth-order valence-corrected chi connectivity index (χ4v) is 3.58. The summed E-state index contributed by atoms with van der Waals surface area (Å²) in [6.07, 6.45) is 1.73. The summed E-state index contributed by atoms with van der Waals surface area (Å²) in [6.45, 7) is 3.78. The van der Waals surface area contributed by atoms with Crippen LogP contribution in [0.1, 0.15) is 31.4 Å². The van der Waals surface area contributed by atoms with Crippen LogP contribution in [0.15, 0.2) is 60.8 Å². The second kappa shape index (κ2) is 11.2. The number of hydrogen-bond acceptors (Lipinski definition) is 4. The number of para-hydroxylation sites is 1. The zero-order valence-corrected chi connectivity index (χ0v) is 18.7. The van der Waals surface area contributed by atoms with Gasteiger partial charge in [-0.2, -0.15) is 0 Å². The normalized spacial score (nSPS) is 13.6. The summed E-state index contributed by atoms with van der Waals surface area (Å²) in [5, 5.41) is 15.8. The van der Waals surface area contributed by atoms with Gasteiger partial charge in [-0.05, 0) is 23.1 Å². The average Bonchev–Trinajstić information content (AvgIpc) is 3.23. The summed E-state index contributed by atoms with van der Waals surface area (Å²) in [7, 11) is 0. The van der Waals surface area contributed by atoms with Crippen molar-refractivity contribution in [3.8, 4) is 0 Å². The average molecular weight is 452 g/mol. The number of aliphatic carboxylic acids is 1. The molecule has 4 N–H and O–H groups in total. The van der Waals surface area contributed by atoms with Crippen LogP contribution in [0.4, 0.5) is 4.79 Å². The van der Waals surface area contributed by atoms with E-state index < -0.39 is 30.1 Å². The molecule has 0 aliphatic heterocycles. The highest BCUT2D eigenvalue weighted by molar-refractivity contribution is 5.90. The van der Waals surface area contributed by atoms with Crippen LogP contribution in [0.5, 0.6) is 0 Å². The van der Waals surface area contributed by atoms with Crippen molar-refractivity contribution in [3.63, 3.8) is 0 Å². The molecule has 0 unspecified atom stereocenters. The van der Waals surface area contributed by atoms with Crippen LogP contribution >= 0.6 is 0 Å². The number of H-pyrrole nitrogens is 1. The fraction of sp³-hybridized carbons (Fsp3) is 0.320. The van der Waals surface area contributed by atoms with Gasteiger partial charge >= 0.3 is 12.1 Å². The first kappa shape index (κ1) is 23.8. The Hall–Kier alpha value is -3.81. The molecule has 8 heteroatoms. The minimum absolute atomic E-state index is 0.0693. The lowest BCUT2D eigenvalue weighted by molar-refractivity contribution is -0.142. The first-order valence-electron chi connectivity index (χ1n) is 10.9. The number of carboxylic acids is 1. The Labute approximate surface area is 192 Å². The quantitative estimate of drug-likeness (QED) is 0.375. The predicted octanol–water partition coefficient (Wildman–Crippen LogP) is 3.62. The summed E-state index contributed by atoms with van der Waals surface area (Å²) in [5.41, 5.74) is 2.50. The molecular weight excluding hydrogens is 422 g/mol. The van der Waals surface area contributed by atoms with Gasteiger partial charge in [0.15, 0.2) is 0 Å². The second-order valence-electron chi connectivity index (χ2n) is 8.03. The number of carbonyl (C=O) groups excluding carboxylic acids is 2. The molecule has 1 aromatic heterocycles. The molecular formula is C25H29N3O5. The van der Waals surface area contributed by atoms with Crippen molar-refractivity contribution in [1.29, 1.82) is 0 Å². The molecule has 3 atom stereocenters. The van der Waals surface area contributed by atoms with Gasteiger partial charge in [-0.15, -0.1) is 0 Å². The zero-order chi connectivity index (χ0) is 23.8.